The van der Waals surface area contributed by atoms with Crippen LogP contribution < -0.4 is 10.2 Å². The minimum atomic E-state index is -4.46. The van der Waals surface area contributed by atoms with E-state index in [-0.39, 0.29) is 5.69 Å². The molecular weight excluding hydrogens is 435 g/mol. The monoisotopic (exact) mass is 459 g/mol. The minimum absolute atomic E-state index is 0.110. The van der Waals surface area contributed by atoms with Crippen LogP contribution in [0.4, 0.5) is 29.5 Å². The summed E-state index contributed by atoms with van der Waals surface area (Å²) in [6.45, 7) is 7.62. The lowest BCUT2D eigenvalue weighted by Gasteiger charge is -2.35. The lowest BCUT2D eigenvalue weighted by molar-refractivity contribution is -0.137. The molecule has 0 bridgehead atoms. The molecule has 2 amide bonds. The van der Waals surface area contributed by atoms with Crippen molar-refractivity contribution in [3.8, 4) is 5.82 Å². The van der Waals surface area contributed by atoms with Gasteiger partial charge in [0.25, 0.3) is 0 Å². The number of rotatable bonds is 3. The number of carbonyl (C=O) groups is 1. The Bertz CT molecular complexity index is 1170. The third-order valence-corrected chi connectivity index (χ3v) is 5.64. The number of carbonyl (C=O) groups excluding carboxylic acids is 1. The Morgan fingerprint density at radius 2 is 1.70 bits per heavy atom. The van der Waals surface area contributed by atoms with Crippen LogP contribution in [0.25, 0.3) is 5.82 Å². The molecule has 3 aromatic rings. The number of hydrogen-bond acceptors (Lipinski definition) is 5. The molecule has 1 fully saturated rings. The van der Waals surface area contributed by atoms with E-state index >= 15 is 0 Å². The summed E-state index contributed by atoms with van der Waals surface area (Å²) in [6.07, 6.45) is -2.74. The summed E-state index contributed by atoms with van der Waals surface area (Å²) in [7, 11) is 0. The van der Waals surface area contributed by atoms with Crippen LogP contribution in [0, 0.1) is 20.8 Å². The number of halogens is 3. The van der Waals surface area contributed by atoms with Gasteiger partial charge in [-0.25, -0.2) is 19.7 Å². The van der Waals surface area contributed by atoms with Gasteiger partial charge in [-0.2, -0.15) is 13.2 Å². The lowest BCUT2D eigenvalue weighted by atomic mass is 10.2. The summed E-state index contributed by atoms with van der Waals surface area (Å²) in [5.74, 6) is 2.10. The van der Waals surface area contributed by atoms with E-state index < -0.39 is 17.8 Å². The maximum absolute atomic E-state index is 12.9. The van der Waals surface area contributed by atoms with Gasteiger partial charge < -0.3 is 15.1 Å². The highest BCUT2D eigenvalue weighted by atomic mass is 19.4. The fourth-order valence-electron chi connectivity index (χ4n) is 3.67. The van der Waals surface area contributed by atoms with Crippen molar-refractivity contribution in [2.45, 2.75) is 26.9 Å². The zero-order valence-electron chi connectivity index (χ0n) is 18.5. The summed E-state index contributed by atoms with van der Waals surface area (Å²) < 4.78 is 40.6. The normalized spacial score (nSPS) is 14.5. The molecule has 0 saturated carbocycles. The van der Waals surface area contributed by atoms with Crippen molar-refractivity contribution in [1.29, 1.82) is 0 Å². The zero-order chi connectivity index (χ0) is 23.8. The van der Waals surface area contributed by atoms with E-state index in [4.69, 9.17) is 0 Å². The first-order chi connectivity index (χ1) is 15.6. The van der Waals surface area contributed by atoms with Crippen molar-refractivity contribution in [3.63, 3.8) is 0 Å². The van der Waals surface area contributed by atoms with Crippen molar-refractivity contribution in [2.75, 3.05) is 36.4 Å². The van der Waals surface area contributed by atoms with Gasteiger partial charge in [0.15, 0.2) is 0 Å². The molecule has 1 aliphatic heterocycles. The smallest absolute Gasteiger partial charge is 0.353 e. The Hall–Kier alpha value is -3.63. The van der Waals surface area contributed by atoms with Crippen LogP contribution >= 0.6 is 0 Å². The molecule has 1 saturated heterocycles. The maximum Gasteiger partial charge on any atom is 0.416 e. The molecule has 3 heterocycles. The van der Waals surface area contributed by atoms with Gasteiger partial charge in [-0.3, -0.25) is 4.57 Å². The number of nitrogens with zero attached hydrogens (tertiary/aromatic N) is 6. The van der Waals surface area contributed by atoms with Crippen molar-refractivity contribution in [3.05, 3.63) is 59.4 Å². The Morgan fingerprint density at radius 3 is 2.33 bits per heavy atom. The quantitative estimate of drug-likeness (QED) is 0.642. The minimum Gasteiger partial charge on any atom is -0.353 e. The zero-order valence-corrected chi connectivity index (χ0v) is 18.5. The highest BCUT2D eigenvalue weighted by Crippen LogP contribution is 2.30. The predicted octanol–water partition coefficient (Wildman–Crippen LogP) is 3.96. The highest BCUT2D eigenvalue weighted by Gasteiger charge is 2.31. The topological polar surface area (TPSA) is 79.2 Å². The van der Waals surface area contributed by atoms with Crippen LogP contribution in [0.1, 0.15) is 22.8 Å². The van der Waals surface area contributed by atoms with Gasteiger partial charge in [-0.15, -0.1) is 0 Å². The van der Waals surface area contributed by atoms with E-state index in [1.54, 1.807) is 11.2 Å². The van der Waals surface area contributed by atoms with Gasteiger partial charge in [0.05, 0.1) is 11.3 Å². The number of anilines is 2. The Kier molecular flexibility index (Phi) is 5.96. The summed E-state index contributed by atoms with van der Waals surface area (Å²) in [5, 5.41) is 2.56. The number of urea groups is 1. The van der Waals surface area contributed by atoms with Gasteiger partial charge in [0, 0.05) is 43.6 Å². The van der Waals surface area contributed by atoms with E-state index in [1.165, 1.54) is 12.1 Å². The first kappa shape index (κ1) is 22.6. The molecule has 11 heteroatoms. The molecule has 0 spiro atoms. The number of benzene rings is 1. The standard InChI is InChI=1S/C22H24F3N7O/c1-14-15(2)32(13-26-14)20-12-19(27-16(3)28-20)30-7-9-31(10-8-30)21(33)29-18-6-4-5-17(11-18)22(23,24)25/h4-6,11-13H,7-10H2,1-3H3,(H,29,33). The third-order valence-electron chi connectivity index (χ3n) is 5.64. The predicted molar refractivity (Wildman–Crippen MR) is 118 cm³/mol. The van der Waals surface area contributed by atoms with Crippen LogP contribution in [0.15, 0.2) is 36.7 Å². The lowest BCUT2D eigenvalue weighted by Crippen LogP contribution is -2.50. The molecule has 174 valence electrons. The largest absolute Gasteiger partial charge is 0.416 e. The molecular formula is C22H24F3N7O. The molecule has 1 N–H and O–H groups in total. The Balaban J connectivity index is 1.42. The van der Waals surface area contributed by atoms with Crippen LogP contribution in [-0.2, 0) is 6.18 Å². The summed E-state index contributed by atoms with van der Waals surface area (Å²) in [5.41, 5.74) is 1.23. The van der Waals surface area contributed by atoms with Crippen molar-refractivity contribution in [1.82, 2.24) is 24.4 Å². The molecule has 1 aliphatic rings. The molecule has 0 aliphatic carbocycles. The fourth-order valence-corrected chi connectivity index (χ4v) is 3.67. The molecule has 1 aromatic carbocycles. The highest BCUT2D eigenvalue weighted by molar-refractivity contribution is 5.89. The number of nitrogens with one attached hydrogen (secondary N) is 1. The summed E-state index contributed by atoms with van der Waals surface area (Å²) >= 11 is 0. The second-order valence-electron chi connectivity index (χ2n) is 7.90. The molecule has 0 atom stereocenters. The van der Waals surface area contributed by atoms with Crippen molar-refractivity contribution >= 4 is 17.5 Å². The SMILES string of the molecule is Cc1nc(N2CCN(C(=O)Nc3cccc(C(F)(F)F)c3)CC2)cc(-n2cnc(C)c2C)n1. The molecule has 4 rings (SSSR count). The van der Waals surface area contributed by atoms with Gasteiger partial charge in [-0.1, -0.05) is 6.07 Å². The van der Waals surface area contributed by atoms with Crippen molar-refractivity contribution in [2.24, 2.45) is 0 Å². The van der Waals surface area contributed by atoms with E-state index in [2.05, 4.69) is 25.2 Å². The Labute approximate surface area is 189 Å². The van der Waals surface area contributed by atoms with E-state index in [9.17, 15) is 18.0 Å². The second kappa shape index (κ2) is 8.72. The number of hydrogen-bond donors (Lipinski definition) is 1. The number of amides is 2. The first-order valence-electron chi connectivity index (χ1n) is 10.5. The van der Waals surface area contributed by atoms with Gasteiger partial charge in [0.2, 0.25) is 0 Å². The molecule has 8 nitrogen and oxygen atoms in total. The number of aryl methyl sites for hydroxylation is 2. The maximum atomic E-state index is 12.9. The average Bonchev–Trinajstić information content (AvgIpc) is 3.11. The van der Waals surface area contributed by atoms with E-state index in [0.717, 1.165) is 35.2 Å². The molecule has 33 heavy (non-hydrogen) atoms. The van der Waals surface area contributed by atoms with Crippen LogP contribution in [0.2, 0.25) is 0 Å². The second-order valence-corrected chi connectivity index (χ2v) is 7.90. The number of alkyl halides is 3. The fraction of sp³-hybridized carbons (Fsp3) is 0.364. The molecule has 2 aromatic heterocycles. The Morgan fingerprint density at radius 1 is 1.00 bits per heavy atom. The van der Waals surface area contributed by atoms with Crippen molar-refractivity contribution < 1.29 is 18.0 Å². The number of imidazole rings is 1. The number of aromatic nitrogens is 4. The molecule has 0 unspecified atom stereocenters. The van der Waals surface area contributed by atoms with Crippen LogP contribution in [-0.4, -0.2) is 56.6 Å². The van der Waals surface area contributed by atoms with Crippen LogP contribution in [0.3, 0.4) is 0 Å². The average molecular weight is 459 g/mol. The van der Waals surface area contributed by atoms with Gasteiger partial charge in [-0.05, 0) is 39.0 Å². The third kappa shape index (κ3) is 4.91. The first-order valence-corrected chi connectivity index (χ1v) is 10.5. The van der Waals surface area contributed by atoms with Gasteiger partial charge >= 0.3 is 12.2 Å². The van der Waals surface area contributed by atoms with E-state index in [0.29, 0.717) is 32.0 Å². The summed E-state index contributed by atoms with van der Waals surface area (Å²) in [4.78, 5) is 29.6. The molecule has 0 radical (unpaired) electrons. The van der Waals surface area contributed by atoms with Crippen LogP contribution in [0.5, 0.6) is 0 Å². The van der Waals surface area contributed by atoms with E-state index in [1.807, 2.05) is 31.4 Å². The van der Waals surface area contributed by atoms with Gasteiger partial charge in [0.1, 0.15) is 23.8 Å². The number of piperazine rings is 1. The summed E-state index contributed by atoms with van der Waals surface area (Å²) in [6, 6.07) is 6.07.